The summed E-state index contributed by atoms with van der Waals surface area (Å²) < 4.78 is 3.83. The van der Waals surface area contributed by atoms with Crippen LogP contribution in [0.25, 0.3) is 27.8 Å². The molecule has 0 N–H and O–H groups in total. The Morgan fingerprint density at radius 1 is 0.971 bits per heavy atom. The third kappa shape index (κ3) is 3.99. The molecule has 0 radical (unpaired) electrons. The van der Waals surface area contributed by atoms with Crippen LogP contribution < -0.4 is 4.90 Å². The van der Waals surface area contributed by atoms with Crippen LogP contribution in [0.4, 0.5) is 5.82 Å². The van der Waals surface area contributed by atoms with Crippen molar-refractivity contribution in [3.05, 3.63) is 66.9 Å². The van der Waals surface area contributed by atoms with Gasteiger partial charge in [-0.05, 0) is 43.9 Å². The van der Waals surface area contributed by atoms with Crippen LogP contribution in [0, 0.1) is 0 Å². The molecule has 6 rings (SSSR count). The van der Waals surface area contributed by atoms with Crippen molar-refractivity contribution < 1.29 is 4.79 Å². The van der Waals surface area contributed by atoms with E-state index in [1.165, 1.54) is 23.9 Å². The lowest BCUT2D eigenvalue weighted by Crippen LogP contribution is -2.49. The number of carbonyl (C=O) groups is 1. The average molecular weight is 468 g/mol. The van der Waals surface area contributed by atoms with E-state index in [0.717, 1.165) is 41.2 Å². The number of aryl methyl sites for hydroxylation is 1. The number of hydrogen-bond acceptors (Lipinski definition) is 5. The number of amides is 1. The number of rotatable bonds is 5. The molecule has 1 aliphatic heterocycles. The molecular weight excluding hydrogens is 438 g/mol. The van der Waals surface area contributed by atoms with Crippen LogP contribution >= 0.6 is 0 Å². The number of carbonyl (C=O) groups excluding carboxylic acids is 1. The Morgan fingerprint density at radius 3 is 2.40 bits per heavy atom. The fourth-order valence-corrected chi connectivity index (χ4v) is 4.93. The van der Waals surface area contributed by atoms with E-state index in [4.69, 9.17) is 10.1 Å². The van der Waals surface area contributed by atoms with Crippen molar-refractivity contribution in [2.24, 2.45) is 7.05 Å². The second kappa shape index (κ2) is 8.37. The summed E-state index contributed by atoms with van der Waals surface area (Å²) >= 11 is 0. The molecule has 0 bridgehead atoms. The molecule has 0 atom stereocenters. The normalized spacial score (nSPS) is 16.2. The highest BCUT2D eigenvalue weighted by molar-refractivity contribution is 5.92. The van der Waals surface area contributed by atoms with Gasteiger partial charge >= 0.3 is 0 Å². The van der Waals surface area contributed by atoms with Crippen LogP contribution in [0.5, 0.6) is 0 Å². The molecule has 1 saturated carbocycles. The number of piperazine rings is 1. The second-order valence-electron chi connectivity index (χ2n) is 9.68. The SMILES string of the molecule is C=C(C)C(=O)N1CCN(c2ccc(-c3cc(-c4cnn(C)c4)cn4ncc(C5CC5)c34)cn2)CC1. The fraction of sp³-hybridized carbons (Fsp3) is 0.333. The lowest BCUT2D eigenvalue weighted by atomic mass is 10.00. The van der Waals surface area contributed by atoms with E-state index >= 15 is 0 Å². The lowest BCUT2D eigenvalue weighted by molar-refractivity contribution is -0.127. The Labute approximate surface area is 204 Å². The molecule has 1 amide bonds. The van der Waals surface area contributed by atoms with Crippen LogP contribution in [-0.2, 0) is 11.8 Å². The van der Waals surface area contributed by atoms with Crippen molar-refractivity contribution in [3.8, 4) is 22.3 Å². The molecule has 8 heteroatoms. The topological polar surface area (TPSA) is 71.6 Å². The highest BCUT2D eigenvalue weighted by atomic mass is 16.2. The zero-order valence-corrected chi connectivity index (χ0v) is 20.2. The number of hydrogen-bond donors (Lipinski definition) is 0. The summed E-state index contributed by atoms with van der Waals surface area (Å²) in [5.74, 6) is 1.57. The summed E-state index contributed by atoms with van der Waals surface area (Å²) in [6.45, 7) is 8.45. The van der Waals surface area contributed by atoms with E-state index in [1.54, 1.807) is 6.92 Å². The average Bonchev–Trinajstić information content (AvgIpc) is 3.48. The zero-order valence-electron chi connectivity index (χ0n) is 20.2. The van der Waals surface area contributed by atoms with Crippen molar-refractivity contribution in [1.29, 1.82) is 0 Å². The van der Waals surface area contributed by atoms with Gasteiger partial charge in [0.1, 0.15) is 5.82 Å². The van der Waals surface area contributed by atoms with Gasteiger partial charge in [-0.25, -0.2) is 9.50 Å². The summed E-state index contributed by atoms with van der Waals surface area (Å²) in [4.78, 5) is 21.2. The maximum absolute atomic E-state index is 12.2. The van der Waals surface area contributed by atoms with Gasteiger partial charge in [-0.1, -0.05) is 6.58 Å². The maximum atomic E-state index is 12.2. The summed E-state index contributed by atoms with van der Waals surface area (Å²) in [5.41, 5.74) is 7.43. The lowest BCUT2D eigenvalue weighted by Gasteiger charge is -2.35. The van der Waals surface area contributed by atoms with Gasteiger partial charge in [-0.3, -0.25) is 9.48 Å². The number of anilines is 1. The highest BCUT2D eigenvalue weighted by Crippen LogP contribution is 2.44. The third-order valence-electron chi connectivity index (χ3n) is 7.01. The molecule has 1 saturated heterocycles. The standard InChI is InChI=1S/C27H29N7O/c1-18(2)27(35)33-10-8-32(9-11-33)25-7-6-20(13-28-25)23-12-21(22-14-29-31(3)16-22)17-34-26(23)24(15-30-34)19-4-5-19/h6-7,12-17,19H,1,4-5,8-11H2,2-3H3. The van der Waals surface area contributed by atoms with Gasteiger partial charge in [0.25, 0.3) is 0 Å². The first-order chi connectivity index (χ1) is 17.0. The van der Waals surface area contributed by atoms with E-state index in [9.17, 15) is 4.79 Å². The molecule has 5 heterocycles. The molecule has 2 fully saturated rings. The first-order valence-electron chi connectivity index (χ1n) is 12.1. The zero-order chi connectivity index (χ0) is 24.1. The third-order valence-corrected chi connectivity index (χ3v) is 7.01. The van der Waals surface area contributed by atoms with E-state index in [0.29, 0.717) is 24.6 Å². The van der Waals surface area contributed by atoms with Crippen LogP contribution in [0.2, 0.25) is 0 Å². The van der Waals surface area contributed by atoms with Gasteiger partial charge in [0.15, 0.2) is 0 Å². The Bertz CT molecular complexity index is 1420. The smallest absolute Gasteiger partial charge is 0.249 e. The van der Waals surface area contributed by atoms with Crippen molar-refractivity contribution in [2.75, 3.05) is 31.1 Å². The van der Waals surface area contributed by atoms with E-state index in [-0.39, 0.29) is 5.91 Å². The van der Waals surface area contributed by atoms with E-state index in [1.807, 2.05) is 45.9 Å². The Morgan fingerprint density at radius 2 is 1.77 bits per heavy atom. The quantitative estimate of drug-likeness (QED) is 0.417. The van der Waals surface area contributed by atoms with Crippen LogP contribution in [0.3, 0.4) is 0 Å². The Balaban J connectivity index is 1.32. The molecular formula is C27H29N7O. The molecule has 2 aliphatic rings. The van der Waals surface area contributed by atoms with Crippen LogP contribution in [0.1, 0.15) is 31.2 Å². The van der Waals surface area contributed by atoms with Gasteiger partial charge in [-0.2, -0.15) is 10.2 Å². The summed E-state index contributed by atoms with van der Waals surface area (Å²) in [6.07, 6.45) is 12.4. The molecule has 0 aromatic carbocycles. The van der Waals surface area contributed by atoms with Crippen molar-refractivity contribution >= 4 is 17.2 Å². The van der Waals surface area contributed by atoms with Crippen LogP contribution in [0.15, 0.2) is 61.3 Å². The molecule has 0 unspecified atom stereocenters. The summed E-state index contributed by atoms with van der Waals surface area (Å²) in [5, 5.41) is 9.05. The molecule has 0 spiro atoms. The predicted molar refractivity (Wildman–Crippen MR) is 136 cm³/mol. The van der Waals surface area contributed by atoms with Gasteiger partial charge in [0, 0.05) is 85.2 Å². The summed E-state index contributed by atoms with van der Waals surface area (Å²) in [6, 6.07) is 6.48. The summed E-state index contributed by atoms with van der Waals surface area (Å²) in [7, 11) is 1.93. The minimum atomic E-state index is 0.0396. The Kier molecular flexibility index (Phi) is 5.16. The van der Waals surface area contributed by atoms with Crippen molar-refractivity contribution in [2.45, 2.75) is 25.7 Å². The molecule has 35 heavy (non-hydrogen) atoms. The minimum Gasteiger partial charge on any atom is -0.353 e. The molecule has 8 nitrogen and oxygen atoms in total. The van der Waals surface area contributed by atoms with E-state index in [2.05, 4.69) is 41.0 Å². The largest absolute Gasteiger partial charge is 0.353 e. The van der Waals surface area contributed by atoms with Gasteiger partial charge in [0.2, 0.25) is 5.91 Å². The number of nitrogens with zero attached hydrogens (tertiary/aromatic N) is 7. The van der Waals surface area contributed by atoms with Gasteiger partial charge in [-0.15, -0.1) is 0 Å². The maximum Gasteiger partial charge on any atom is 0.249 e. The fourth-order valence-electron chi connectivity index (χ4n) is 4.93. The second-order valence-corrected chi connectivity index (χ2v) is 9.68. The van der Waals surface area contributed by atoms with Crippen LogP contribution in [-0.4, -0.2) is 61.4 Å². The number of pyridine rings is 2. The molecule has 178 valence electrons. The number of aromatic nitrogens is 5. The minimum absolute atomic E-state index is 0.0396. The van der Waals surface area contributed by atoms with Gasteiger partial charge in [0.05, 0.1) is 17.9 Å². The predicted octanol–water partition coefficient (Wildman–Crippen LogP) is 3.90. The van der Waals surface area contributed by atoms with E-state index < -0.39 is 0 Å². The molecule has 1 aliphatic carbocycles. The molecule has 4 aromatic rings. The first kappa shape index (κ1) is 21.6. The van der Waals surface area contributed by atoms with Crippen molar-refractivity contribution in [1.82, 2.24) is 29.3 Å². The molecule has 4 aromatic heterocycles. The first-order valence-corrected chi connectivity index (χ1v) is 12.1. The number of fused-ring (bicyclic) bond motifs is 1. The Hall–Kier alpha value is -3.94. The van der Waals surface area contributed by atoms with Crippen molar-refractivity contribution in [3.63, 3.8) is 0 Å². The monoisotopic (exact) mass is 467 g/mol. The van der Waals surface area contributed by atoms with Gasteiger partial charge < -0.3 is 9.80 Å². The highest BCUT2D eigenvalue weighted by Gasteiger charge is 2.29.